The molecule has 1 atom stereocenters. The van der Waals surface area contributed by atoms with Gasteiger partial charge in [0.05, 0.1) is 11.6 Å². The van der Waals surface area contributed by atoms with Crippen molar-refractivity contribution in [3.05, 3.63) is 54.1 Å². The van der Waals surface area contributed by atoms with Crippen LogP contribution in [0.1, 0.15) is 18.4 Å². The van der Waals surface area contributed by atoms with Gasteiger partial charge in [0.1, 0.15) is 0 Å². The molecule has 2 N–H and O–H groups in total. The van der Waals surface area contributed by atoms with Gasteiger partial charge in [-0.3, -0.25) is 4.79 Å². The van der Waals surface area contributed by atoms with Gasteiger partial charge in [-0.05, 0) is 29.5 Å². The zero-order chi connectivity index (χ0) is 14.7. The number of amides is 1. The molecule has 3 rings (SSSR count). The Morgan fingerprint density at radius 2 is 2.00 bits per heavy atom. The maximum absolute atomic E-state index is 12.6. The summed E-state index contributed by atoms with van der Waals surface area (Å²) >= 11 is 1.74. The number of rotatable bonds is 4. The average molecular weight is 298 g/mol. The molecule has 2 aromatic rings. The number of carbonyl (C=O) groups excluding carboxylic acids is 1. The largest absolute Gasteiger partial charge is 0.384 e. The normalized spacial score (nSPS) is 16.1. The van der Waals surface area contributed by atoms with E-state index in [9.17, 15) is 4.79 Å². The van der Waals surface area contributed by atoms with Crippen LogP contribution >= 0.6 is 11.8 Å². The molecule has 1 aliphatic rings. The summed E-state index contributed by atoms with van der Waals surface area (Å²) in [4.78, 5) is 13.7. The third-order valence-electron chi connectivity index (χ3n) is 3.59. The molecule has 0 fully saturated rings. The summed E-state index contributed by atoms with van der Waals surface area (Å²) in [6.45, 7) is 2.77. The summed E-state index contributed by atoms with van der Waals surface area (Å²) in [5, 5.41) is 6.37. The minimum absolute atomic E-state index is 0.0524. The Morgan fingerprint density at radius 3 is 2.86 bits per heavy atom. The Kier molecular flexibility index (Phi) is 4.15. The molecule has 1 unspecified atom stereocenters. The predicted molar refractivity (Wildman–Crippen MR) is 89.1 cm³/mol. The quantitative estimate of drug-likeness (QED) is 0.840. The number of hydrogen-bond acceptors (Lipinski definition) is 3. The molecule has 0 bridgehead atoms. The molecular weight excluding hydrogens is 280 g/mol. The number of fused-ring (bicyclic) bond motifs is 1. The fourth-order valence-corrected chi connectivity index (χ4v) is 3.35. The van der Waals surface area contributed by atoms with Crippen molar-refractivity contribution in [3.63, 3.8) is 0 Å². The smallest absolute Gasteiger partial charge is 0.233 e. The Balaban J connectivity index is 1.79. The third kappa shape index (κ3) is 2.90. The van der Waals surface area contributed by atoms with Gasteiger partial charge in [0.15, 0.2) is 0 Å². The Bertz CT molecular complexity index is 657. The molecule has 108 valence electrons. The first-order chi connectivity index (χ1) is 10.3. The minimum atomic E-state index is -0.124. The lowest BCUT2D eigenvalue weighted by atomic mass is 10.0. The van der Waals surface area contributed by atoms with Crippen LogP contribution in [-0.2, 0) is 4.79 Å². The second-order valence-corrected chi connectivity index (χ2v) is 6.25. The number of anilines is 2. The Hall–Kier alpha value is -1.94. The van der Waals surface area contributed by atoms with Gasteiger partial charge >= 0.3 is 0 Å². The van der Waals surface area contributed by atoms with Crippen LogP contribution in [0.4, 0.5) is 11.4 Å². The molecule has 0 saturated heterocycles. The van der Waals surface area contributed by atoms with E-state index >= 15 is 0 Å². The van der Waals surface area contributed by atoms with Gasteiger partial charge in [-0.25, -0.2) is 0 Å². The lowest BCUT2D eigenvalue weighted by Gasteiger charge is -2.14. The molecule has 2 aromatic carbocycles. The van der Waals surface area contributed by atoms with Gasteiger partial charge < -0.3 is 10.6 Å². The summed E-state index contributed by atoms with van der Waals surface area (Å²) in [6.07, 6.45) is 0. The molecule has 1 heterocycles. The number of hydrogen-bond donors (Lipinski definition) is 2. The lowest BCUT2D eigenvalue weighted by Crippen LogP contribution is -2.22. The first kappa shape index (κ1) is 14.0. The standard InChI is InChI=1S/C17H18N2OS/c1-2-21-16-10-6-5-9-15(16)19-17(20)13-11-18-14-8-4-3-7-12(13)14/h3-10,13,18H,2,11H2,1H3,(H,19,20). The van der Waals surface area contributed by atoms with Crippen LogP contribution in [-0.4, -0.2) is 18.2 Å². The van der Waals surface area contributed by atoms with Crippen molar-refractivity contribution in [2.24, 2.45) is 0 Å². The van der Waals surface area contributed by atoms with E-state index in [2.05, 4.69) is 17.6 Å². The summed E-state index contributed by atoms with van der Waals surface area (Å²) in [5.74, 6) is 0.915. The molecule has 1 amide bonds. The SMILES string of the molecule is CCSc1ccccc1NC(=O)C1CNc2ccccc21. The van der Waals surface area contributed by atoms with Crippen molar-refractivity contribution in [2.45, 2.75) is 17.7 Å². The van der Waals surface area contributed by atoms with Crippen molar-refractivity contribution < 1.29 is 4.79 Å². The maximum Gasteiger partial charge on any atom is 0.233 e. The average Bonchev–Trinajstić information content (AvgIpc) is 2.93. The highest BCUT2D eigenvalue weighted by Gasteiger charge is 2.28. The van der Waals surface area contributed by atoms with Crippen molar-refractivity contribution in [3.8, 4) is 0 Å². The zero-order valence-electron chi connectivity index (χ0n) is 11.9. The fraction of sp³-hybridized carbons (Fsp3) is 0.235. The van der Waals surface area contributed by atoms with Gasteiger partial charge in [-0.1, -0.05) is 37.3 Å². The topological polar surface area (TPSA) is 41.1 Å². The maximum atomic E-state index is 12.6. The van der Waals surface area contributed by atoms with Crippen molar-refractivity contribution >= 4 is 29.0 Å². The summed E-state index contributed by atoms with van der Waals surface area (Å²) in [5.41, 5.74) is 3.04. The highest BCUT2D eigenvalue weighted by Crippen LogP contribution is 2.33. The van der Waals surface area contributed by atoms with Crippen LogP contribution < -0.4 is 10.6 Å². The summed E-state index contributed by atoms with van der Waals surface area (Å²) in [6, 6.07) is 16.0. The molecule has 0 aliphatic carbocycles. The second-order valence-electron chi connectivity index (χ2n) is 4.94. The van der Waals surface area contributed by atoms with Crippen LogP contribution in [0.15, 0.2) is 53.4 Å². The van der Waals surface area contributed by atoms with Crippen LogP contribution in [0, 0.1) is 0 Å². The first-order valence-corrected chi connectivity index (χ1v) is 8.13. The summed E-state index contributed by atoms with van der Waals surface area (Å²) < 4.78 is 0. The Morgan fingerprint density at radius 1 is 1.24 bits per heavy atom. The van der Waals surface area contributed by atoms with Crippen LogP contribution in [0.2, 0.25) is 0 Å². The van der Waals surface area contributed by atoms with Crippen molar-refractivity contribution in [2.75, 3.05) is 22.9 Å². The summed E-state index contributed by atoms with van der Waals surface area (Å²) in [7, 11) is 0. The van der Waals surface area contributed by atoms with Gasteiger partial charge in [-0.2, -0.15) is 0 Å². The van der Waals surface area contributed by atoms with Gasteiger partial charge in [0.2, 0.25) is 5.91 Å². The number of carbonyl (C=O) groups is 1. The van der Waals surface area contributed by atoms with Gasteiger partial charge in [0, 0.05) is 17.1 Å². The second kappa shape index (κ2) is 6.22. The highest BCUT2D eigenvalue weighted by atomic mass is 32.2. The van der Waals surface area contributed by atoms with Crippen LogP contribution in [0.25, 0.3) is 0 Å². The van der Waals surface area contributed by atoms with E-state index in [0.717, 1.165) is 27.6 Å². The van der Waals surface area contributed by atoms with Gasteiger partial charge in [0.25, 0.3) is 0 Å². The molecule has 0 radical (unpaired) electrons. The van der Waals surface area contributed by atoms with Crippen LogP contribution in [0.5, 0.6) is 0 Å². The van der Waals surface area contributed by atoms with Gasteiger partial charge in [-0.15, -0.1) is 11.8 Å². The number of thioether (sulfide) groups is 1. The van der Waals surface area contributed by atoms with E-state index in [4.69, 9.17) is 0 Å². The third-order valence-corrected chi connectivity index (χ3v) is 4.55. The van der Waals surface area contributed by atoms with Crippen LogP contribution in [0.3, 0.4) is 0 Å². The molecule has 0 spiro atoms. The van der Waals surface area contributed by atoms with Crippen molar-refractivity contribution in [1.82, 2.24) is 0 Å². The number of para-hydroxylation sites is 2. The Labute approximate surface area is 129 Å². The molecule has 3 nitrogen and oxygen atoms in total. The monoisotopic (exact) mass is 298 g/mol. The minimum Gasteiger partial charge on any atom is -0.384 e. The highest BCUT2D eigenvalue weighted by molar-refractivity contribution is 7.99. The molecule has 0 aromatic heterocycles. The van der Waals surface area contributed by atoms with E-state index in [-0.39, 0.29) is 11.8 Å². The van der Waals surface area contributed by atoms with E-state index in [0.29, 0.717) is 6.54 Å². The first-order valence-electron chi connectivity index (χ1n) is 7.15. The molecular formula is C17H18N2OS. The zero-order valence-corrected chi connectivity index (χ0v) is 12.7. The lowest BCUT2D eigenvalue weighted by molar-refractivity contribution is -0.117. The number of nitrogens with one attached hydrogen (secondary N) is 2. The van der Waals surface area contributed by atoms with E-state index in [1.165, 1.54) is 0 Å². The molecule has 4 heteroatoms. The predicted octanol–water partition coefficient (Wildman–Crippen LogP) is 3.95. The number of benzene rings is 2. The molecule has 1 aliphatic heterocycles. The van der Waals surface area contributed by atoms with E-state index in [1.807, 2.05) is 48.5 Å². The fourth-order valence-electron chi connectivity index (χ4n) is 2.59. The molecule has 21 heavy (non-hydrogen) atoms. The van der Waals surface area contributed by atoms with E-state index in [1.54, 1.807) is 11.8 Å². The van der Waals surface area contributed by atoms with E-state index < -0.39 is 0 Å². The molecule has 0 saturated carbocycles. The van der Waals surface area contributed by atoms with Crippen molar-refractivity contribution in [1.29, 1.82) is 0 Å².